The molecule has 1 amide bonds. The highest BCUT2D eigenvalue weighted by molar-refractivity contribution is 5.85. The number of ether oxygens (including phenoxy) is 1. The fourth-order valence-corrected chi connectivity index (χ4v) is 2.37. The van der Waals surface area contributed by atoms with Crippen molar-refractivity contribution in [2.24, 2.45) is 11.7 Å². The van der Waals surface area contributed by atoms with Gasteiger partial charge in [-0.25, -0.2) is 0 Å². The monoisotopic (exact) mass is 248 g/mol. The van der Waals surface area contributed by atoms with E-state index >= 15 is 0 Å². The zero-order chi connectivity index (χ0) is 11.0. The van der Waals surface area contributed by atoms with Crippen molar-refractivity contribution in [2.75, 3.05) is 0 Å². The highest BCUT2D eigenvalue weighted by Gasteiger charge is 2.41. The maximum Gasteiger partial charge on any atom is 0.237 e. The van der Waals surface area contributed by atoms with Crippen molar-refractivity contribution < 1.29 is 9.53 Å². The molecule has 0 aromatic rings. The summed E-state index contributed by atoms with van der Waals surface area (Å²) in [5.74, 6) is 0.149. The Labute approximate surface area is 103 Å². The summed E-state index contributed by atoms with van der Waals surface area (Å²) in [7, 11) is 0. The van der Waals surface area contributed by atoms with Crippen molar-refractivity contribution in [3.8, 4) is 0 Å². The number of hydrogen-bond acceptors (Lipinski definition) is 3. The van der Waals surface area contributed by atoms with Gasteiger partial charge >= 0.3 is 0 Å². The first kappa shape index (κ1) is 13.7. The molecule has 2 bridgehead atoms. The van der Waals surface area contributed by atoms with E-state index in [-0.39, 0.29) is 36.4 Å². The molecule has 2 aliphatic rings. The molecule has 0 aromatic carbocycles. The highest BCUT2D eigenvalue weighted by Crippen LogP contribution is 2.34. The Morgan fingerprint density at radius 1 is 1.44 bits per heavy atom. The fourth-order valence-electron chi connectivity index (χ4n) is 2.37. The van der Waals surface area contributed by atoms with Crippen LogP contribution in [-0.4, -0.2) is 30.2 Å². The molecule has 2 fully saturated rings. The largest absolute Gasteiger partial charge is 0.373 e. The number of carbonyl (C=O) groups excluding carboxylic acids is 1. The lowest BCUT2D eigenvalue weighted by atomic mass is 9.94. The molecule has 4 nitrogen and oxygen atoms in total. The van der Waals surface area contributed by atoms with Gasteiger partial charge in [-0.15, -0.1) is 12.4 Å². The van der Waals surface area contributed by atoms with Crippen molar-refractivity contribution in [2.45, 2.75) is 57.4 Å². The van der Waals surface area contributed by atoms with Gasteiger partial charge in [0.2, 0.25) is 5.91 Å². The third-order valence-electron chi connectivity index (χ3n) is 3.45. The van der Waals surface area contributed by atoms with E-state index in [1.54, 1.807) is 0 Å². The number of hydrogen-bond donors (Lipinski definition) is 2. The second-order valence-electron chi connectivity index (χ2n) is 4.99. The van der Waals surface area contributed by atoms with Crippen molar-refractivity contribution in [1.82, 2.24) is 5.32 Å². The lowest BCUT2D eigenvalue weighted by molar-refractivity contribution is -0.124. The van der Waals surface area contributed by atoms with Gasteiger partial charge < -0.3 is 15.8 Å². The molecular weight excluding hydrogens is 228 g/mol. The third-order valence-corrected chi connectivity index (χ3v) is 3.45. The maximum absolute atomic E-state index is 11.7. The molecule has 16 heavy (non-hydrogen) atoms. The molecule has 5 heteroatoms. The Morgan fingerprint density at radius 2 is 2.12 bits per heavy atom. The second kappa shape index (κ2) is 5.34. The van der Waals surface area contributed by atoms with Crippen LogP contribution in [0.2, 0.25) is 0 Å². The van der Waals surface area contributed by atoms with Gasteiger partial charge in [-0.2, -0.15) is 0 Å². The van der Waals surface area contributed by atoms with E-state index in [1.165, 1.54) is 0 Å². The van der Waals surface area contributed by atoms with Gasteiger partial charge in [-0.1, -0.05) is 13.8 Å². The Bertz CT molecular complexity index is 260. The average molecular weight is 249 g/mol. The van der Waals surface area contributed by atoms with Crippen molar-refractivity contribution in [3.63, 3.8) is 0 Å². The minimum absolute atomic E-state index is 0. The summed E-state index contributed by atoms with van der Waals surface area (Å²) in [6, 6.07) is -0.204. The van der Waals surface area contributed by atoms with E-state index in [1.807, 2.05) is 13.8 Å². The number of rotatable bonds is 3. The summed E-state index contributed by atoms with van der Waals surface area (Å²) in [5, 5.41) is 3.00. The summed E-state index contributed by atoms with van der Waals surface area (Å²) in [6.07, 6.45) is 3.79. The van der Waals surface area contributed by atoms with Crippen LogP contribution in [0.3, 0.4) is 0 Å². The quantitative estimate of drug-likeness (QED) is 0.778. The summed E-state index contributed by atoms with van der Waals surface area (Å²) in [6.45, 7) is 3.92. The van der Waals surface area contributed by atoms with Gasteiger partial charge in [0.1, 0.15) is 0 Å². The Morgan fingerprint density at radius 3 is 2.56 bits per heavy atom. The Kier molecular flexibility index (Phi) is 4.59. The van der Waals surface area contributed by atoms with Gasteiger partial charge in [0.05, 0.1) is 24.3 Å². The zero-order valence-electron chi connectivity index (χ0n) is 9.81. The van der Waals surface area contributed by atoms with Crippen LogP contribution in [-0.2, 0) is 9.53 Å². The number of nitrogens with two attached hydrogens (primary N) is 1. The first-order valence-electron chi connectivity index (χ1n) is 5.79. The summed E-state index contributed by atoms with van der Waals surface area (Å²) < 4.78 is 5.67. The number of fused-ring (bicyclic) bond motifs is 2. The molecule has 0 saturated carbocycles. The van der Waals surface area contributed by atoms with Gasteiger partial charge in [-0.05, 0) is 25.2 Å². The van der Waals surface area contributed by atoms with Crippen LogP contribution in [0.25, 0.3) is 0 Å². The van der Waals surface area contributed by atoms with E-state index in [0.717, 1.165) is 19.3 Å². The van der Waals surface area contributed by atoms with Gasteiger partial charge in [-0.3, -0.25) is 4.79 Å². The maximum atomic E-state index is 11.7. The van der Waals surface area contributed by atoms with Crippen LogP contribution in [0.1, 0.15) is 33.1 Å². The van der Waals surface area contributed by atoms with Crippen molar-refractivity contribution >= 4 is 18.3 Å². The SMILES string of the molecule is CC(C)[C@H](N)C(=O)NC1CC2CCC1O2.Cl. The van der Waals surface area contributed by atoms with E-state index in [4.69, 9.17) is 10.5 Å². The van der Waals surface area contributed by atoms with E-state index in [9.17, 15) is 4.79 Å². The summed E-state index contributed by atoms with van der Waals surface area (Å²) >= 11 is 0. The molecule has 3 unspecified atom stereocenters. The molecule has 3 N–H and O–H groups in total. The first-order chi connectivity index (χ1) is 7.08. The highest BCUT2D eigenvalue weighted by atomic mass is 35.5. The second-order valence-corrected chi connectivity index (χ2v) is 4.99. The van der Waals surface area contributed by atoms with Crippen LogP contribution >= 0.6 is 12.4 Å². The molecule has 2 aliphatic heterocycles. The third kappa shape index (κ3) is 2.67. The zero-order valence-corrected chi connectivity index (χ0v) is 10.6. The Balaban J connectivity index is 0.00000128. The van der Waals surface area contributed by atoms with Crippen LogP contribution in [0.15, 0.2) is 0 Å². The normalized spacial score (nSPS) is 33.6. The average Bonchev–Trinajstić information content (AvgIpc) is 2.77. The minimum atomic E-state index is -0.399. The van der Waals surface area contributed by atoms with Crippen LogP contribution in [0.5, 0.6) is 0 Å². The smallest absolute Gasteiger partial charge is 0.237 e. The predicted octanol–water partition coefficient (Wildman–Crippen LogP) is 0.828. The van der Waals surface area contributed by atoms with Crippen LogP contribution in [0.4, 0.5) is 0 Å². The molecule has 94 valence electrons. The summed E-state index contributed by atoms with van der Waals surface area (Å²) in [4.78, 5) is 11.7. The Hall–Kier alpha value is -0.320. The van der Waals surface area contributed by atoms with Gasteiger partial charge in [0.15, 0.2) is 0 Å². The minimum Gasteiger partial charge on any atom is -0.373 e. The fraction of sp³-hybridized carbons (Fsp3) is 0.909. The van der Waals surface area contributed by atoms with Crippen molar-refractivity contribution in [3.05, 3.63) is 0 Å². The lowest BCUT2D eigenvalue weighted by Gasteiger charge is -2.23. The van der Waals surface area contributed by atoms with Crippen LogP contribution in [0, 0.1) is 5.92 Å². The number of carbonyl (C=O) groups is 1. The summed E-state index contributed by atoms with van der Waals surface area (Å²) in [5.41, 5.74) is 5.78. The number of amides is 1. The number of nitrogens with one attached hydrogen (secondary N) is 1. The van der Waals surface area contributed by atoms with E-state index < -0.39 is 6.04 Å². The first-order valence-corrected chi connectivity index (χ1v) is 5.79. The van der Waals surface area contributed by atoms with Crippen LogP contribution < -0.4 is 11.1 Å². The molecular formula is C11H21ClN2O2. The number of halogens is 1. The molecule has 2 heterocycles. The topological polar surface area (TPSA) is 64.4 Å². The van der Waals surface area contributed by atoms with E-state index in [2.05, 4.69) is 5.32 Å². The lowest BCUT2D eigenvalue weighted by Crippen LogP contribution is -2.50. The molecule has 4 atom stereocenters. The molecule has 2 saturated heterocycles. The molecule has 2 rings (SSSR count). The van der Waals surface area contributed by atoms with Crippen molar-refractivity contribution in [1.29, 1.82) is 0 Å². The molecule has 0 aliphatic carbocycles. The standard InChI is InChI=1S/C11H20N2O2.ClH/c1-6(2)10(12)11(14)13-8-5-7-3-4-9(8)15-7;/h6-10H,3-5,12H2,1-2H3,(H,13,14);1H/t7?,8?,9?,10-;/m0./s1. The molecule has 0 radical (unpaired) electrons. The van der Waals surface area contributed by atoms with Gasteiger partial charge in [0, 0.05) is 0 Å². The molecule has 0 spiro atoms. The predicted molar refractivity (Wildman–Crippen MR) is 64.5 cm³/mol. The molecule has 0 aromatic heterocycles. The van der Waals surface area contributed by atoms with E-state index in [0.29, 0.717) is 6.10 Å². The van der Waals surface area contributed by atoms with Gasteiger partial charge in [0.25, 0.3) is 0 Å².